The van der Waals surface area contributed by atoms with Crippen LogP contribution in [0.25, 0.3) is 10.8 Å². The number of hydrogen-bond acceptors (Lipinski definition) is 3. The molecule has 4 heteroatoms. The highest BCUT2D eigenvalue weighted by Gasteiger charge is 2.26. The third-order valence-corrected chi connectivity index (χ3v) is 5.38. The van der Waals surface area contributed by atoms with Gasteiger partial charge in [-0.25, -0.2) is 0 Å². The van der Waals surface area contributed by atoms with Crippen LogP contribution in [0.3, 0.4) is 0 Å². The van der Waals surface area contributed by atoms with Crippen molar-refractivity contribution < 1.29 is 9.90 Å². The molecule has 1 amide bonds. The molecule has 1 unspecified atom stereocenters. The van der Waals surface area contributed by atoms with Crippen molar-refractivity contribution in [1.29, 1.82) is 0 Å². The van der Waals surface area contributed by atoms with Crippen molar-refractivity contribution in [3.8, 4) is 0 Å². The summed E-state index contributed by atoms with van der Waals surface area (Å²) in [6.45, 7) is 5.29. The molecule has 3 rings (SSSR count). The van der Waals surface area contributed by atoms with Crippen LogP contribution >= 0.6 is 0 Å². The Balaban J connectivity index is 1.49. The van der Waals surface area contributed by atoms with Crippen LogP contribution in [0.1, 0.15) is 44.3 Å². The molecule has 0 aromatic heterocycles. The molecule has 2 aromatic carbocycles. The molecule has 0 aliphatic carbocycles. The molecule has 140 valence electrons. The number of aliphatic hydroxyl groups excluding tert-OH is 1. The number of fused-ring (bicyclic) bond motifs is 1. The topological polar surface area (TPSA) is 52.6 Å². The van der Waals surface area contributed by atoms with E-state index in [2.05, 4.69) is 41.4 Å². The van der Waals surface area contributed by atoms with Crippen LogP contribution in [0.2, 0.25) is 0 Å². The van der Waals surface area contributed by atoms with Crippen molar-refractivity contribution >= 4 is 16.7 Å². The van der Waals surface area contributed by atoms with E-state index in [-0.39, 0.29) is 11.8 Å². The summed E-state index contributed by atoms with van der Waals surface area (Å²) in [7, 11) is 0. The SMILES string of the molecule is CCCCNC(=O)C1CCN(CC(O)c2ccc3ccccc3c2)CC1. The number of rotatable bonds is 7. The molecule has 2 N–H and O–H groups in total. The van der Waals surface area contributed by atoms with Crippen molar-refractivity contribution in [1.82, 2.24) is 10.2 Å². The van der Waals surface area contributed by atoms with Gasteiger partial charge in [-0.05, 0) is 54.8 Å². The first kappa shape index (κ1) is 18.9. The van der Waals surface area contributed by atoms with E-state index >= 15 is 0 Å². The number of aliphatic hydroxyl groups is 1. The molecule has 1 heterocycles. The first-order valence-electron chi connectivity index (χ1n) is 9.84. The Hall–Kier alpha value is -1.91. The number of nitrogens with zero attached hydrogens (tertiary/aromatic N) is 1. The molecule has 0 bridgehead atoms. The summed E-state index contributed by atoms with van der Waals surface area (Å²) in [5.41, 5.74) is 0.961. The maximum atomic E-state index is 12.2. The van der Waals surface area contributed by atoms with Gasteiger partial charge >= 0.3 is 0 Å². The summed E-state index contributed by atoms with van der Waals surface area (Å²) in [4.78, 5) is 14.4. The number of β-amino-alcohol motifs (C(OH)–C–C–N with tert-alkyl or cyclic N) is 1. The Labute approximate surface area is 156 Å². The van der Waals surface area contributed by atoms with Gasteiger partial charge in [0.2, 0.25) is 5.91 Å². The Morgan fingerprint density at radius 3 is 2.65 bits per heavy atom. The average molecular weight is 354 g/mol. The molecule has 1 saturated heterocycles. The van der Waals surface area contributed by atoms with Gasteiger partial charge in [0.05, 0.1) is 6.10 Å². The number of piperidine rings is 1. The van der Waals surface area contributed by atoms with Gasteiger partial charge in [0.1, 0.15) is 0 Å². The van der Waals surface area contributed by atoms with Gasteiger partial charge in [-0.1, -0.05) is 49.7 Å². The number of unbranched alkanes of at least 4 members (excludes halogenated alkanes) is 1. The van der Waals surface area contributed by atoms with Gasteiger partial charge in [-0.3, -0.25) is 4.79 Å². The zero-order chi connectivity index (χ0) is 18.4. The van der Waals surface area contributed by atoms with Gasteiger partial charge in [0.15, 0.2) is 0 Å². The monoisotopic (exact) mass is 354 g/mol. The van der Waals surface area contributed by atoms with Crippen LogP contribution in [0.15, 0.2) is 42.5 Å². The van der Waals surface area contributed by atoms with Gasteiger partial charge < -0.3 is 15.3 Å². The minimum Gasteiger partial charge on any atom is -0.387 e. The number of benzene rings is 2. The first-order valence-corrected chi connectivity index (χ1v) is 9.84. The summed E-state index contributed by atoms with van der Waals surface area (Å²) < 4.78 is 0. The largest absolute Gasteiger partial charge is 0.387 e. The zero-order valence-corrected chi connectivity index (χ0v) is 15.7. The fraction of sp³-hybridized carbons (Fsp3) is 0.500. The summed E-state index contributed by atoms with van der Waals surface area (Å²) in [5, 5.41) is 16.0. The Morgan fingerprint density at radius 1 is 1.19 bits per heavy atom. The molecule has 4 nitrogen and oxygen atoms in total. The van der Waals surface area contributed by atoms with E-state index in [0.717, 1.165) is 56.3 Å². The van der Waals surface area contributed by atoms with Crippen molar-refractivity contribution in [2.75, 3.05) is 26.2 Å². The second-order valence-corrected chi connectivity index (χ2v) is 7.34. The standard InChI is InChI=1S/C22H30N2O2/c1-2-3-12-23-22(26)18-10-13-24(14-11-18)16-21(25)20-9-8-17-6-4-5-7-19(17)15-20/h4-9,15,18,21,25H,2-3,10-14,16H2,1H3,(H,23,26). The van der Waals surface area contributed by atoms with Crippen molar-refractivity contribution in [2.45, 2.75) is 38.7 Å². The summed E-state index contributed by atoms with van der Waals surface area (Å²) in [6.07, 6.45) is 3.41. The molecule has 26 heavy (non-hydrogen) atoms. The number of amides is 1. The lowest BCUT2D eigenvalue weighted by Crippen LogP contribution is -2.42. The smallest absolute Gasteiger partial charge is 0.223 e. The highest BCUT2D eigenvalue weighted by atomic mass is 16.3. The summed E-state index contributed by atoms with van der Waals surface area (Å²) >= 11 is 0. The van der Waals surface area contributed by atoms with Gasteiger partial charge in [0.25, 0.3) is 0 Å². The second kappa shape index (κ2) is 9.15. The lowest BCUT2D eigenvalue weighted by atomic mass is 9.95. The van der Waals surface area contributed by atoms with Crippen molar-refractivity contribution in [3.05, 3.63) is 48.0 Å². The normalized spacial score (nSPS) is 17.3. The molecule has 1 fully saturated rings. The number of carbonyl (C=O) groups is 1. The Bertz CT molecular complexity index is 723. The lowest BCUT2D eigenvalue weighted by molar-refractivity contribution is -0.126. The first-order chi connectivity index (χ1) is 12.7. The van der Waals surface area contributed by atoms with Crippen LogP contribution in [0, 0.1) is 5.92 Å². The minimum atomic E-state index is -0.491. The molecule has 0 saturated carbocycles. The quantitative estimate of drug-likeness (QED) is 0.748. The molecular formula is C22H30N2O2. The van der Waals surface area contributed by atoms with E-state index in [1.807, 2.05) is 18.2 Å². The Kier molecular flexibility index (Phi) is 6.64. The molecular weight excluding hydrogens is 324 g/mol. The van der Waals surface area contributed by atoms with Crippen LogP contribution in [0.4, 0.5) is 0 Å². The van der Waals surface area contributed by atoms with E-state index < -0.39 is 6.10 Å². The molecule has 0 spiro atoms. The number of nitrogens with one attached hydrogen (secondary N) is 1. The highest BCUT2D eigenvalue weighted by Crippen LogP contribution is 2.23. The maximum absolute atomic E-state index is 12.2. The average Bonchev–Trinajstić information content (AvgIpc) is 2.68. The van der Waals surface area contributed by atoms with Crippen molar-refractivity contribution in [2.24, 2.45) is 5.92 Å². The van der Waals surface area contributed by atoms with Gasteiger partial charge in [-0.15, -0.1) is 0 Å². The van der Waals surface area contributed by atoms with Gasteiger partial charge in [0, 0.05) is 19.0 Å². The van der Waals surface area contributed by atoms with Gasteiger partial charge in [-0.2, -0.15) is 0 Å². The lowest BCUT2D eigenvalue weighted by Gasteiger charge is -2.32. The van der Waals surface area contributed by atoms with Crippen LogP contribution in [0.5, 0.6) is 0 Å². The second-order valence-electron chi connectivity index (χ2n) is 7.34. The van der Waals surface area contributed by atoms with E-state index in [0.29, 0.717) is 6.54 Å². The predicted molar refractivity (Wildman–Crippen MR) is 106 cm³/mol. The fourth-order valence-electron chi connectivity index (χ4n) is 3.68. The zero-order valence-electron chi connectivity index (χ0n) is 15.7. The third-order valence-electron chi connectivity index (χ3n) is 5.38. The molecule has 1 aliphatic rings. The van der Waals surface area contributed by atoms with Crippen LogP contribution in [-0.4, -0.2) is 42.1 Å². The molecule has 1 atom stereocenters. The number of carbonyl (C=O) groups excluding carboxylic acids is 1. The fourth-order valence-corrected chi connectivity index (χ4v) is 3.68. The number of likely N-dealkylation sites (tertiary alicyclic amines) is 1. The van der Waals surface area contributed by atoms with Crippen LogP contribution < -0.4 is 5.32 Å². The van der Waals surface area contributed by atoms with E-state index in [9.17, 15) is 9.90 Å². The predicted octanol–water partition coefficient (Wildman–Crippen LogP) is 3.50. The molecule has 2 aromatic rings. The summed E-state index contributed by atoms with van der Waals surface area (Å²) in [6, 6.07) is 14.4. The van der Waals surface area contributed by atoms with Crippen LogP contribution in [-0.2, 0) is 4.79 Å². The maximum Gasteiger partial charge on any atom is 0.223 e. The highest BCUT2D eigenvalue weighted by molar-refractivity contribution is 5.83. The Morgan fingerprint density at radius 2 is 1.92 bits per heavy atom. The summed E-state index contributed by atoms with van der Waals surface area (Å²) in [5.74, 6) is 0.328. The van der Waals surface area contributed by atoms with E-state index in [1.54, 1.807) is 0 Å². The number of hydrogen-bond donors (Lipinski definition) is 2. The van der Waals surface area contributed by atoms with E-state index in [4.69, 9.17) is 0 Å². The molecule has 0 radical (unpaired) electrons. The third kappa shape index (κ3) is 4.83. The van der Waals surface area contributed by atoms with Crippen molar-refractivity contribution in [3.63, 3.8) is 0 Å². The molecule has 1 aliphatic heterocycles. The minimum absolute atomic E-state index is 0.126. The van der Waals surface area contributed by atoms with E-state index in [1.165, 1.54) is 5.39 Å².